The van der Waals surface area contributed by atoms with Gasteiger partial charge in [0.15, 0.2) is 0 Å². The molecule has 1 aromatic heterocycles. The van der Waals surface area contributed by atoms with Crippen molar-refractivity contribution < 1.29 is 14.0 Å². The highest BCUT2D eigenvalue weighted by molar-refractivity contribution is 6.04. The molecule has 1 aliphatic heterocycles. The van der Waals surface area contributed by atoms with Gasteiger partial charge in [-0.15, -0.1) is 0 Å². The zero-order chi connectivity index (χ0) is 16.9. The predicted molar refractivity (Wildman–Crippen MR) is 86.8 cm³/mol. The van der Waals surface area contributed by atoms with Crippen molar-refractivity contribution in [1.82, 2.24) is 15.2 Å². The third kappa shape index (κ3) is 3.59. The molecule has 1 fully saturated rings. The molecule has 1 aliphatic rings. The maximum absolute atomic E-state index is 12.9. The number of likely N-dealkylation sites (tertiary alicyclic amines) is 1. The lowest BCUT2D eigenvalue weighted by molar-refractivity contribution is 0.0934. The molecule has 5 nitrogen and oxygen atoms in total. The summed E-state index contributed by atoms with van der Waals surface area (Å²) in [6.45, 7) is 0.585. The summed E-state index contributed by atoms with van der Waals surface area (Å²) in [6, 6.07) is 8.34. The Bertz CT molecular complexity index is 719. The molecule has 24 heavy (non-hydrogen) atoms. The first kappa shape index (κ1) is 16.1. The number of carbonyl (C=O) groups excluding carboxylic acids is 2. The van der Waals surface area contributed by atoms with Gasteiger partial charge >= 0.3 is 6.03 Å². The van der Waals surface area contributed by atoms with Crippen molar-refractivity contribution in [1.29, 1.82) is 0 Å². The molecule has 0 radical (unpaired) electrons. The molecule has 0 bridgehead atoms. The van der Waals surface area contributed by atoms with Gasteiger partial charge in [0.1, 0.15) is 5.82 Å². The number of aromatic nitrogens is 1. The zero-order valence-electron chi connectivity index (χ0n) is 13.1. The zero-order valence-corrected chi connectivity index (χ0v) is 13.1. The summed E-state index contributed by atoms with van der Waals surface area (Å²) in [7, 11) is 0. The van der Waals surface area contributed by atoms with Crippen LogP contribution in [0.25, 0.3) is 0 Å². The first-order valence-corrected chi connectivity index (χ1v) is 7.92. The SMILES string of the molecule is O=C(NC(=O)N1CCCCC1c1cccnc1)c1ccc(F)cc1. The van der Waals surface area contributed by atoms with Crippen LogP contribution in [0, 0.1) is 5.82 Å². The number of rotatable bonds is 2. The van der Waals surface area contributed by atoms with Crippen LogP contribution in [0.3, 0.4) is 0 Å². The minimum atomic E-state index is -0.532. The van der Waals surface area contributed by atoms with Crippen LogP contribution in [0.1, 0.15) is 41.2 Å². The lowest BCUT2D eigenvalue weighted by Gasteiger charge is -2.35. The molecular weight excluding hydrogens is 309 g/mol. The number of urea groups is 1. The quantitative estimate of drug-likeness (QED) is 0.920. The van der Waals surface area contributed by atoms with Crippen molar-refractivity contribution in [3.8, 4) is 0 Å². The number of imide groups is 1. The summed E-state index contributed by atoms with van der Waals surface area (Å²) in [4.78, 5) is 30.5. The molecule has 2 heterocycles. The van der Waals surface area contributed by atoms with E-state index in [1.165, 1.54) is 24.3 Å². The Hall–Kier alpha value is -2.76. The monoisotopic (exact) mass is 327 g/mol. The van der Waals surface area contributed by atoms with Crippen molar-refractivity contribution in [2.75, 3.05) is 6.54 Å². The average Bonchev–Trinajstić information content (AvgIpc) is 2.63. The Labute approximate surface area is 139 Å². The van der Waals surface area contributed by atoms with E-state index in [0.717, 1.165) is 24.8 Å². The average molecular weight is 327 g/mol. The van der Waals surface area contributed by atoms with Gasteiger partial charge in [0.05, 0.1) is 6.04 Å². The lowest BCUT2D eigenvalue weighted by Crippen LogP contribution is -2.46. The van der Waals surface area contributed by atoms with E-state index in [9.17, 15) is 14.0 Å². The maximum Gasteiger partial charge on any atom is 0.324 e. The topological polar surface area (TPSA) is 62.3 Å². The third-order valence-corrected chi connectivity index (χ3v) is 4.16. The number of amides is 3. The summed E-state index contributed by atoms with van der Waals surface area (Å²) in [6.07, 6.45) is 6.20. The minimum absolute atomic E-state index is 0.0894. The van der Waals surface area contributed by atoms with Gasteiger partial charge in [-0.2, -0.15) is 0 Å². The molecule has 2 aromatic rings. The fraction of sp³-hybridized carbons (Fsp3) is 0.278. The van der Waals surface area contributed by atoms with Crippen molar-refractivity contribution in [3.05, 3.63) is 65.7 Å². The van der Waals surface area contributed by atoms with Gasteiger partial charge in [-0.1, -0.05) is 6.07 Å². The van der Waals surface area contributed by atoms with E-state index in [4.69, 9.17) is 0 Å². The summed E-state index contributed by atoms with van der Waals surface area (Å²) in [5.74, 6) is -0.957. The standard InChI is InChI=1S/C18H18FN3O2/c19-15-8-6-13(7-9-15)17(23)21-18(24)22-11-2-1-5-16(22)14-4-3-10-20-12-14/h3-4,6-10,12,16H,1-2,5,11H2,(H,21,23,24). The lowest BCUT2D eigenvalue weighted by atomic mass is 9.97. The van der Waals surface area contributed by atoms with E-state index < -0.39 is 17.8 Å². The van der Waals surface area contributed by atoms with Gasteiger partial charge in [-0.25, -0.2) is 9.18 Å². The number of pyridine rings is 1. The molecule has 0 spiro atoms. The molecule has 1 aromatic carbocycles. The van der Waals surface area contributed by atoms with Crippen molar-refractivity contribution in [2.45, 2.75) is 25.3 Å². The van der Waals surface area contributed by atoms with Crippen molar-refractivity contribution in [2.24, 2.45) is 0 Å². The molecule has 0 saturated carbocycles. The van der Waals surface area contributed by atoms with Crippen LogP contribution < -0.4 is 5.32 Å². The highest BCUT2D eigenvalue weighted by Crippen LogP contribution is 2.30. The number of carbonyl (C=O) groups is 2. The number of hydrogen-bond acceptors (Lipinski definition) is 3. The summed E-state index contributed by atoms with van der Waals surface area (Å²) >= 11 is 0. The van der Waals surface area contributed by atoms with Crippen LogP contribution in [-0.2, 0) is 0 Å². The van der Waals surface area contributed by atoms with Gasteiger partial charge in [-0.05, 0) is 55.2 Å². The van der Waals surface area contributed by atoms with Crippen LogP contribution >= 0.6 is 0 Å². The van der Waals surface area contributed by atoms with E-state index in [-0.39, 0.29) is 11.6 Å². The molecule has 3 amide bonds. The Balaban J connectivity index is 1.72. The van der Waals surface area contributed by atoms with Crippen LogP contribution in [0.5, 0.6) is 0 Å². The summed E-state index contributed by atoms with van der Waals surface area (Å²) in [5.41, 5.74) is 1.21. The molecular formula is C18H18FN3O2. The van der Waals surface area contributed by atoms with Crippen LogP contribution in [0.4, 0.5) is 9.18 Å². The number of hydrogen-bond donors (Lipinski definition) is 1. The highest BCUT2D eigenvalue weighted by Gasteiger charge is 2.29. The fourth-order valence-corrected chi connectivity index (χ4v) is 2.94. The number of nitrogens with one attached hydrogen (secondary N) is 1. The van der Waals surface area contributed by atoms with E-state index in [1.54, 1.807) is 17.3 Å². The first-order valence-electron chi connectivity index (χ1n) is 7.92. The van der Waals surface area contributed by atoms with Gasteiger partial charge in [0, 0.05) is 24.5 Å². The minimum Gasteiger partial charge on any atom is -0.317 e. The largest absolute Gasteiger partial charge is 0.324 e. The van der Waals surface area contributed by atoms with Gasteiger partial charge < -0.3 is 4.90 Å². The van der Waals surface area contributed by atoms with Crippen molar-refractivity contribution in [3.63, 3.8) is 0 Å². The van der Waals surface area contributed by atoms with E-state index in [2.05, 4.69) is 10.3 Å². The molecule has 6 heteroatoms. The first-order chi connectivity index (χ1) is 11.6. The normalized spacial score (nSPS) is 17.4. The number of nitrogens with zero attached hydrogens (tertiary/aromatic N) is 2. The number of benzene rings is 1. The second-order valence-corrected chi connectivity index (χ2v) is 5.76. The second kappa shape index (κ2) is 7.21. The Morgan fingerprint density at radius 2 is 1.96 bits per heavy atom. The Kier molecular flexibility index (Phi) is 4.84. The van der Waals surface area contributed by atoms with E-state index >= 15 is 0 Å². The van der Waals surface area contributed by atoms with Gasteiger partial charge in [-0.3, -0.25) is 15.1 Å². The van der Waals surface area contributed by atoms with Gasteiger partial charge in [0.2, 0.25) is 0 Å². The highest BCUT2D eigenvalue weighted by atomic mass is 19.1. The van der Waals surface area contributed by atoms with E-state index in [1.807, 2.05) is 12.1 Å². The smallest absolute Gasteiger partial charge is 0.317 e. The molecule has 0 aliphatic carbocycles. The fourth-order valence-electron chi connectivity index (χ4n) is 2.94. The van der Waals surface area contributed by atoms with Crippen molar-refractivity contribution >= 4 is 11.9 Å². The maximum atomic E-state index is 12.9. The molecule has 1 unspecified atom stereocenters. The molecule has 1 atom stereocenters. The molecule has 1 N–H and O–H groups in total. The van der Waals surface area contributed by atoms with Gasteiger partial charge in [0.25, 0.3) is 5.91 Å². The van der Waals surface area contributed by atoms with E-state index in [0.29, 0.717) is 6.54 Å². The Morgan fingerprint density at radius 1 is 1.17 bits per heavy atom. The number of halogens is 1. The van der Waals surface area contributed by atoms with Crippen LogP contribution in [0.15, 0.2) is 48.8 Å². The van der Waals surface area contributed by atoms with Crippen LogP contribution in [-0.4, -0.2) is 28.4 Å². The molecule has 1 saturated heterocycles. The molecule has 124 valence electrons. The summed E-state index contributed by atoms with van der Waals surface area (Å²) < 4.78 is 12.9. The molecule has 3 rings (SSSR count). The Morgan fingerprint density at radius 3 is 2.67 bits per heavy atom. The predicted octanol–water partition coefficient (Wildman–Crippen LogP) is 3.30. The van der Waals surface area contributed by atoms with Crippen LogP contribution in [0.2, 0.25) is 0 Å². The second-order valence-electron chi connectivity index (χ2n) is 5.76. The summed E-state index contributed by atoms with van der Waals surface area (Å²) in [5, 5.41) is 2.39. The third-order valence-electron chi connectivity index (χ3n) is 4.16. The number of piperidine rings is 1.